The zero-order valence-electron chi connectivity index (χ0n) is 16.3. The number of hydrogen-bond donors (Lipinski definition) is 3. The van der Waals surface area contributed by atoms with Crippen LogP contribution in [0.5, 0.6) is 0 Å². The summed E-state index contributed by atoms with van der Waals surface area (Å²) in [7, 11) is -3.98. The van der Waals surface area contributed by atoms with Crippen molar-refractivity contribution in [3.05, 3.63) is 24.3 Å². The minimum Gasteiger partial charge on any atom is -0.353 e. The molecule has 1 atom stereocenters. The monoisotopic (exact) mass is 422 g/mol. The summed E-state index contributed by atoms with van der Waals surface area (Å²) in [5.74, 6) is -1.06. The van der Waals surface area contributed by atoms with Crippen molar-refractivity contribution in [1.82, 2.24) is 14.9 Å². The van der Waals surface area contributed by atoms with E-state index < -0.39 is 22.0 Å². The lowest BCUT2D eigenvalue weighted by molar-refractivity contribution is -0.131. The second kappa shape index (κ2) is 8.91. The van der Waals surface area contributed by atoms with Gasteiger partial charge >= 0.3 is 0 Å². The zero-order valence-corrected chi connectivity index (χ0v) is 17.1. The van der Waals surface area contributed by atoms with E-state index in [1.807, 2.05) is 0 Å². The molecule has 1 heterocycles. The van der Waals surface area contributed by atoms with Gasteiger partial charge in [0.05, 0.1) is 11.3 Å². The summed E-state index contributed by atoms with van der Waals surface area (Å²) in [6, 6.07) is 4.73. The van der Waals surface area contributed by atoms with Crippen LogP contribution in [0.1, 0.15) is 39.0 Å². The normalized spacial score (nSPS) is 20.9. The molecule has 3 rings (SSSR count). The third-order valence-corrected chi connectivity index (χ3v) is 7.08. The van der Waals surface area contributed by atoms with Gasteiger partial charge in [0.25, 0.3) is 0 Å². The predicted molar refractivity (Wildman–Crippen MR) is 106 cm³/mol. The van der Waals surface area contributed by atoms with Gasteiger partial charge in [-0.15, -0.1) is 0 Å². The molecule has 10 heteroatoms. The fourth-order valence-electron chi connectivity index (χ4n) is 3.76. The molecule has 2 fully saturated rings. The quantitative estimate of drug-likeness (QED) is 0.619. The molecule has 1 aliphatic carbocycles. The lowest BCUT2D eigenvalue weighted by Gasteiger charge is -2.34. The van der Waals surface area contributed by atoms with E-state index >= 15 is 0 Å². The Kier molecular flexibility index (Phi) is 6.53. The number of benzene rings is 1. The lowest BCUT2D eigenvalue weighted by Crippen LogP contribution is -2.58. The molecule has 2 aliphatic rings. The molecule has 0 spiro atoms. The van der Waals surface area contributed by atoms with Crippen LogP contribution in [0.4, 0.5) is 5.69 Å². The fraction of sp³-hybridized carbons (Fsp3) is 0.526. The summed E-state index contributed by atoms with van der Waals surface area (Å²) in [4.78, 5) is 35.9. The van der Waals surface area contributed by atoms with Gasteiger partial charge in [-0.1, -0.05) is 12.8 Å². The number of anilines is 1. The summed E-state index contributed by atoms with van der Waals surface area (Å²) in [6.45, 7) is 1.63. The van der Waals surface area contributed by atoms with Gasteiger partial charge < -0.3 is 16.0 Å². The first kappa shape index (κ1) is 21.3. The number of sulfonamides is 1. The van der Waals surface area contributed by atoms with Gasteiger partial charge in [0.1, 0.15) is 6.04 Å². The number of carbonyl (C=O) groups is 3. The van der Waals surface area contributed by atoms with Gasteiger partial charge in [-0.2, -0.15) is 4.31 Å². The van der Waals surface area contributed by atoms with E-state index in [0.717, 1.165) is 30.0 Å². The molecule has 3 amide bonds. The Bertz CT molecular complexity index is 878. The molecule has 1 saturated heterocycles. The van der Waals surface area contributed by atoms with Gasteiger partial charge in [0, 0.05) is 31.7 Å². The second-order valence-corrected chi connectivity index (χ2v) is 9.27. The molecule has 0 unspecified atom stereocenters. The van der Waals surface area contributed by atoms with Gasteiger partial charge in [-0.3, -0.25) is 14.4 Å². The van der Waals surface area contributed by atoms with Crippen molar-refractivity contribution >= 4 is 33.4 Å². The summed E-state index contributed by atoms with van der Waals surface area (Å²) in [5.41, 5.74) is 0.473. The van der Waals surface area contributed by atoms with Crippen molar-refractivity contribution in [1.29, 1.82) is 0 Å². The first-order valence-electron chi connectivity index (χ1n) is 9.74. The predicted octanol–water partition coefficient (Wildman–Crippen LogP) is 0.583. The van der Waals surface area contributed by atoms with Crippen molar-refractivity contribution in [2.75, 3.05) is 18.4 Å². The van der Waals surface area contributed by atoms with Crippen LogP contribution in [-0.4, -0.2) is 55.6 Å². The Balaban J connectivity index is 1.76. The van der Waals surface area contributed by atoms with Crippen molar-refractivity contribution in [3.8, 4) is 0 Å². The number of carbonyl (C=O) groups excluding carboxylic acids is 3. The molecule has 1 aliphatic heterocycles. The Morgan fingerprint density at radius 3 is 2.45 bits per heavy atom. The average Bonchev–Trinajstić information content (AvgIpc) is 3.16. The largest absolute Gasteiger partial charge is 0.353 e. The number of hydrogen-bond acceptors (Lipinski definition) is 5. The van der Waals surface area contributed by atoms with Crippen molar-refractivity contribution in [3.63, 3.8) is 0 Å². The van der Waals surface area contributed by atoms with Crippen LogP contribution >= 0.6 is 0 Å². The lowest BCUT2D eigenvalue weighted by atomic mass is 10.1. The van der Waals surface area contributed by atoms with Crippen LogP contribution in [0.2, 0.25) is 0 Å². The maximum absolute atomic E-state index is 13.1. The van der Waals surface area contributed by atoms with E-state index in [0.29, 0.717) is 5.69 Å². The van der Waals surface area contributed by atoms with Crippen LogP contribution in [0.15, 0.2) is 29.2 Å². The molecule has 0 bridgehead atoms. The standard InChI is InChI=1S/C19H26N4O5S/c1-13(24)21-15-6-8-16(9-7-15)29(27,28)23-11-10-20-19(26)17(23)12-18(25)22-14-4-2-3-5-14/h6-9,14,17H,2-5,10-12H2,1H3,(H,20,26)(H,21,24)(H,22,25)/t17-/m1/s1. The molecule has 158 valence electrons. The topological polar surface area (TPSA) is 125 Å². The number of nitrogens with zero attached hydrogens (tertiary/aromatic N) is 1. The molecule has 29 heavy (non-hydrogen) atoms. The summed E-state index contributed by atoms with van der Waals surface area (Å²) >= 11 is 0. The first-order valence-corrected chi connectivity index (χ1v) is 11.2. The third kappa shape index (κ3) is 5.13. The SMILES string of the molecule is CC(=O)Nc1ccc(S(=O)(=O)N2CCNC(=O)[C@H]2CC(=O)NC2CCCC2)cc1. The average molecular weight is 423 g/mol. The highest BCUT2D eigenvalue weighted by atomic mass is 32.2. The Morgan fingerprint density at radius 1 is 1.17 bits per heavy atom. The third-order valence-electron chi connectivity index (χ3n) is 5.16. The van der Waals surface area contributed by atoms with Gasteiger partial charge in [0.15, 0.2) is 0 Å². The van der Waals surface area contributed by atoms with Crippen LogP contribution in [0.25, 0.3) is 0 Å². The van der Waals surface area contributed by atoms with E-state index in [2.05, 4.69) is 16.0 Å². The van der Waals surface area contributed by atoms with Crippen molar-refractivity contribution in [2.24, 2.45) is 0 Å². The number of rotatable bonds is 6. The van der Waals surface area contributed by atoms with Crippen LogP contribution < -0.4 is 16.0 Å². The van der Waals surface area contributed by atoms with Crippen LogP contribution in [0, 0.1) is 0 Å². The molecule has 9 nitrogen and oxygen atoms in total. The second-order valence-electron chi connectivity index (χ2n) is 7.38. The highest BCUT2D eigenvalue weighted by molar-refractivity contribution is 7.89. The van der Waals surface area contributed by atoms with E-state index in [9.17, 15) is 22.8 Å². The Morgan fingerprint density at radius 2 is 1.83 bits per heavy atom. The van der Waals surface area contributed by atoms with E-state index in [1.54, 1.807) is 0 Å². The number of amides is 3. The fourth-order valence-corrected chi connectivity index (χ4v) is 5.34. The number of piperazine rings is 1. The van der Waals surface area contributed by atoms with Gasteiger partial charge in [-0.05, 0) is 37.1 Å². The van der Waals surface area contributed by atoms with E-state index in [4.69, 9.17) is 0 Å². The minimum atomic E-state index is -3.98. The molecule has 3 N–H and O–H groups in total. The zero-order chi connectivity index (χ0) is 21.0. The van der Waals surface area contributed by atoms with Crippen molar-refractivity contribution < 1.29 is 22.8 Å². The summed E-state index contributed by atoms with van der Waals surface area (Å²) in [6.07, 6.45) is 3.72. The highest BCUT2D eigenvalue weighted by Crippen LogP contribution is 2.24. The highest BCUT2D eigenvalue weighted by Gasteiger charge is 2.39. The molecular formula is C19H26N4O5S. The van der Waals surface area contributed by atoms with Gasteiger partial charge in [0.2, 0.25) is 27.7 Å². The van der Waals surface area contributed by atoms with E-state index in [-0.39, 0.29) is 42.3 Å². The molecule has 0 radical (unpaired) electrons. The van der Waals surface area contributed by atoms with Crippen LogP contribution in [-0.2, 0) is 24.4 Å². The molecule has 1 aromatic rings. The Hall–Kier alpha value is -2.46. The van der Waals surface area contributed by atoms with Gasteiger partial charge in [-0.25, -0.2) is 8.42 Å². The van der Waals surface area contributed by atoms with Crippen molar-refractivity contribution in [2.45, 2.75) is 56.0 Å². The maximum atomic E-state index is 13.1. The molecule has 1 saturated carbocycles. The summed E-state index contributed by atoms with van der Waals surface area (Å²) in [5, 5.41) is 8.12. The summed E-state index contributed by atoms with van der Waals surface area (Å²) < 4.78 is 27.3. The van der Waals surface area contributed by atoms with Crippen LogP contribution in [0.3, 0.4) is 0 Å². The molecular weight excluding hydrogens is 396 g/mol. The maximum Gasteiger partial charge on any atom is 0.243 e. The Labute approximate surface area is 170 Å². The first-order chi connectivity index (χ1) is 13.8. The molecule has 0 aromatic heterocycles. The minimum absolute atomic E-state index is 0.00232. The van der Waals surface area contributed by atoms with E-state index in [1.165, 1.54) is 31.2 Å². The number of nitrogens with one attached hydrogen (secondary N) is 3. The molecule has 1 aromatic carbocycles. The smallest absolute Gasteiger partial charge is 0.243 e.